The van der Waals surface area contributed by atoms with E-state index in [2.05, 4.69) is 48.1 Å². The van der Waals surface area contributed by atoms with Crippen LogP contribution < -0.4 is 5.32 Å². The Labute approximate surface area is 116 Å². The molecule has 0 saturated carbocycles. The van der Waals surface area contributed by atoms with Crippen LogP contribution in [0.3, 0.4) is 0 Å². The first-order valence-corrected chi connectivity index (χ1v) is 7.48. The van der Waals surface area contributed by atoms with Gasteiger partial charge in [-0.2, -0.15) is 0 Å². The van der Waals surface area contributed by atoms with Gasteiger partial charge in [-0.15, -0.1) is 0 Å². The predicted molar refractivity (Wildman–Crippen MR) is 79.5 cm³/mol. The minimum Gasteiger partial charge on any atom is -0.366 e. The highest BCUT2D eigenvalue weighted by Crippen LogP contribution is 2.29. The van der Waals surface area contributed by atoms with Gasteiger partial charge in [0, 0.05) is 18.8 Å². The summed E-state index contributed by atoms with van der Waals surface area (Å²) in [7, 11) is 0. The van der Waals surface area contributed by atoms with Crippen LogP contribution in [-0.4, -0.2) is 35.6 Å². The second kappa shape index (κ2) is 4.78. The molecule has 3 fully saturated rings. The maximum Gasteiger partial charge on any atom is 0.126 e. The molecule has 3 saturated heterocycles. The first kappa shape index (κ1) is 12.9. The van der Waals surface area contributed by atoms with Crippen LogP contribution in [0, 0.1) is 5.92 Å². The Balaban J connectivity index is 1.67. The minimum absolute atomic E-state index is 0.182. The molecule has 0 aromatic carbocycles. The van der Waals surface area contributed by atoms with Gasteiger partial charge in [-0.25, -0.2) is 4.98 Å². The molecule has 2 bridgehead atoms. The van der Waals surface area contributed by atoms with Gasteiger partial charge in [-0.05, 0) is 48.9 Å². The molecule has 1 unspecified atom stereocenters. The van der Waals surface area contributed by atoms with Crippen LogP contribution in [0.15, 0.2) is 18.3 Å². The smallest absolute Gasteiger partial charge is 0.126 e. The van der Waals surface area contributed by atoms with Gasteiger partial charge in [-0.1, -0.05) is 26.8 Å². The van der Waals surface area contributed by atoms with Gasteiger partial charge >= 0.3 is 0 Å². The standard InChI is InChI=1S/C16H25N3/c1-16(2,3)13-4-5-15(17-10-13)18-14-11-19-8-6-12(14)7-9-19/h4-5,10,12,14H,6-9,11H2,1-3H3,(H,17,18). The van der Waals surface area contributed by atoms with Crippen LogP contribution in [0.25, 0.3) is 0 Å². The maximum atomic E-state index is 4.59. The van der Waals surface area contributed by atoms with E-state index in [9.17, 15) is 0 Å². The van der Waals surface area contributed by atoms with Gasteiger partial charge in [0.05, 0.1) is 0 Å². The van der Waals surface area contributed by atoms with Crippen LogP contribution in [0.1, 0.15) is 39.2 Å². The molecule has 1 atom stereocenters. The van der Waals surface area contributed by atoms with Crippen molar-refractivity contribution in [3.8, 4) is 0 Å². The van der Waals surface area contributed by atoms with Crippen molar-refractivity contribution in [2.75, 3.05) is 25.0 Å². The zero-order chi connectivity index (χ0) is 13.5. The number of hydrogen-bond acceptors (Lipinski definition) is 3. The Kier molecular flexibility index (Phi) is 3.25. The van der Waals surface area contributed by atoms with Crippen molar-refractivity contribution >= 4 is 5.82 Å². The molecule has 0 radical (unpaired) electrons. The average Bonchev–Trinajstić information content (AvgIpc) is 2.40. The molecule has 3 aliphatic heterocycles. The number of pyridine rings is 1. The van der Waals surface area contributed by atoms with Crippen molar-refractivity contribution in [3.63, 3.8) is 0 Å². The summed E-state index contributed by atoms with van der Waals surface area (Å²) in [5.41, 5.74) is 1.48. The van der Waals surface area contributed by atoms with Crippen LogP contribution in [0.4, 0.5) is 5.82 Å². The highest BCUT2D eigenvalue weighted by molar-refractivity contribution is 5.38. The first-order chi connectivity index (χ1) is 9.02. The summed E-state index contributed by atoms with van der Waals surface area (Å²) in [4.78, 5) is 7.16. The topological polar surface area (TPSA) is 28.2 Å². The summed E-state index contributed by atoms with van der Waals surface area (Å²) in [5.74, 6) is 1.88. The Morgan fingerprint density at radius 3 is 2.42 bits per heavy atom. The normalized spacial score (nSPS) is 30.4. The molecule has 3 nitrogen and oxygen atoms in total. The fraction of sp³-hybridized carbons (Fsp3) is 0.688. The SMILES string of the molecule is CC(C)(C)c1ccc(NC2CN3CCC2CC3)nc1. The third-order valence-corrected chi connectivity index (χ3v) is 4.62. The van der Waals surface area contributed by atoms with Crippen LogP contribution in [0.5, 0.6) is 0 Å². The predicted octanol–water partition coefficient (Wildman–Crippen LogP) is 2.89. The summed E-state index contributed by atoms with van der Waals surface area (Å²) in [6.45, 7) is 10.4. The number of aromatic nitrogens is 1. The van der Waals surface area contributed by atoms with Crippen molar-refractivity contribution in [2.24, 2.45) is 5.92 Å². The third-order valence-electron chi connectivity index (χ3n) is 4.62. The molecule has 4 rings (SSSR count). The summed E-state index contributed by atoms with van der Waals surface area (Å²) < 4.78 is 0. The van der Waals surface area contributed by atoms with Crippen molar-refractivity contribution in [1.82, 2.24) is 9.88 Å². The van der Waals surface area contributed by atoms with Crippen molar-refractivity contribution < 1.29 is 0 Å². The number of nitrogens with one attached hydrogen (secondary N) is 1. The Morgan fingerprint density at radius 1 is 1.21 bits per heavy atom. The van der Waals surface area contributed by atoms with E-state index in [0.717, 1.165) is 11.7 Å². The number of piperidine rings is 3. The summed E-state index contributed by atoms with van der Waals surface area (Å²) in [6, 6.07) is 4.94. The average molecular weight is 259 g/mol. The lowest BCUT2D eigenvalue weighted by atomic mass is 9.84. The second-order valence-electron chi connectivity index (χ2n) is 7.07. The lowest BCUT2D eigenvalue weighted by Crippen LogP contribution is -2.53. The van der Waals surface area contributed by atoms with E-state index >= 15 is 0 Å². The largest absolute Gasteiger partial charge is 0.366 e. The summed E-state index contributed by atoms with van der Waals surface area (Å²) in [6.07, 6.45) is 4.71. The molecule has 0 aliphatic carbocycles. The van der Waals surface area contributed by atoms with Crippen molar-refractivity contribution in [3.05, 3.63) is 23.9 Å². The molecule has 4 heterocycles. The molecule has 0 spiro atoms. The Hall–Kier alpha value is -1.09. The number of anilines is 1. The van der Waals surface area contributed by atoms with E-state index in [1.807, 2.05) is 6.20 Å². The quantitative estimate of drug-likeness (QED) is 0.885. The van der Waals surface area contributed by atoms with Crippen LogP contribution in [-0.2, 0) is 5.41 Å². The number of nitrogens with zero attached hydrogens (tertiary/aromatic N) is 2. The fourth-order valence-electron chi connectivity index (χ4n) is 3.24. The molecule has 19 heavy (non-hydrogen) atoms. The molecule has 1 aromatic heterocycles. The molecule has 104 valence electrons. The molecule has 3 aliphatic rings. The maximum absolute atomic E-state index is 4.59. The first-order valence-electron chi connectivity index (χ1n) is 7.48. The monoisotopic (exact) mass is 259 g/mol. The van der Waals surface area contributed by atoms with E-state index in [0.29, 0.717) is 6.04 Å². The van der Waals surface area contributed by atoms with E-state index in [-0.39, 0.29) is 5.41 Å². The molecular weight excluding hydrogens is 234 g/mol. The van der Waals surface area contributed by atoms with Crippen LogP contribution in [0.2, 0.25) is 0 Å². The zero-order valence-electron chi connectivity index (χ0n) is 12.3. The molecule has 3 heteroatoms. The lowest BCUT2D eigenvalue weighted by molar-refractivity contribution is 0.0974. The molecular formula is C16H25N3. The van der Waals surface area contributed by atoms with E-state index in [1.54, 1.807) is 0 Å². The van der Waals surface area contributed by atoms with Crippen LogP contribution >= 0.6 is 0 Å². The number of rotatable bonds is 2. The van der Waals surface area contributed by atoms with Gasteiger partial charge in [0.2, 0.25) is 0 Å². The van der Waals surface area contributed by atoms with E-state index < -0.39 is 0 Å². The van der Waals surface area contributed by atoms with Gasteiger partial charge in [0.1, 0.15) is 5.82 Å². The lowest BCUT2D eigenvalue weighted by Gasteiger charge is -2.45. The van der Waals surface area contributed by atoms with Gasteiger partial charge in [0.25, 0.3) is 0 Å². The van der Waals surface area contributed by atoms with Gasteiger partial charge in [-0.3, -0.25) is 0 Å². The number of hydrogen-bond donors (Lipinski definition) is 1. The van der Waals surface area contributed by atoms with Gasteiger partial charge < -0.3 is 10.2 Å². The molecule has 1 aromatic rings. The van der Waals surface area contributed by atoms with Gasteiger partial charge in [0.15, 0.2) is 0 Å². The highest BCUT2D eigenvalue weighted by atomic mass is 15.2. The Morgan fingerprint density at radius 2 is 1.95 bits per heavy atom. The third kappa shape index (κ3) is 2.76. The van der Waals surface area contributed by atoms with E-state index in [4.69, 9.17) is 0 Å². The van der Waals surface area contributed by atoms with Crippen molar-refractivity contribution in [1.29, 1.82) is 0 Å². The minimum atomic E-state index is 0.182. The summed E-state index contributed by atoms with van der Waals surface area (Å²) >= 11 is 0. The van der Waals surface area contributed by atoms with Crippen molar-refractivity contribution in [2.45, 2.75) is 45.1 Å². The van der Waals surface area contributed by atoms with E-state index in [1.165, 1.54) is 38.0 Å². The molecule has 0 amide bonds. The summed E-state index contributed by atoms with van der Waals surface area (Å²) in [5, 5.41) is 3.64. The fourth-order valence-corrected chi connectivity index (χ4v) is 3.24. The number of fused-ring (bicyclic) bond motifs is 3. The Bertz CT molecular complexity index is 424. The molecule has 1 N–H and O–H groups in total. The highest BCUT2D eigenvalue weighted by Gasteiger charge is 2.34. The zero-order valence-corrected chi connectivity index (χ0v) is 12.3. The second-order valence-corrected chi connectivity index (χ2v) is 7.07.